The fourth-order valence-corrected chi connectivity index (χ4v) is 3.28. The number of carbonyl (C=O) groups is 2. The molecule has 3 aromatic rings. The fraction of sp³-hybridized carbons (Fsp3) is 0.100. The van der Waals surface area contributed by atoms with E-state index in [-0.39, 0.29) is 33.5 Å². The Morgan fingerprint density at radius 3 is 2.25 bits per heavy atom. The molecule has 1 amide bonds. The second-order valence-electron chi connectivity index (χ2n) is 6.53. The zero-order valence-corrected chi connectivity index (χ0v) is 17.7. The number of benzene rings is 1. The summed E-state index contributed by atoms with van der Waals surface area (Å²) < 4.78 is 0. The molecular weight excluding hydrogens is 461 g/mol. The highest BCUT2D eigenvalue weighted by atomic mass is 35.5. The van der Waals surface area contributed by atoms with E-state index in [0.29, 0.717) is 11.3 Å². The maximum absolute atomic E-state index is 12.4. The molecular formula is C20H15Cl2N5O5. The van der Waals surface area contributed by atoms with Gasteiger partial charge in [-0.25, -0.2) is 9.78 Å². The maximum atomic E-state index is 12.4. The summed E-state index contributed by atoms with van der Waals surface area (Å²) in [6.45, 7) is 0. The van der Waals surface area contributed by atoms with Gasteiger partial charge in [-0.2, -0.15) is 0 Å². The molecule has 0 aliphatic carbocycles. The number of carbonyl (C=O) groups excluding carboxylic acids is 1. The minimum atomic E-state index is -1.12. The number of hydrogen-bond donors (Lipinski definition) is 3. The summed E-state index contributed by atoms with van der Waals surface area (Å²) in [4.78, 5) is 41.8. The third kappa shape index (κ3) is 5.68. The second kappa shape index (κ2) is 10.0. The summed E-state index contributed by atoms with van der Waals surface area (Å²) in [5.74, 6) is -1.44. The van der Waals surface area contributed by atoms with Crippen LogP contribution in [0, 0.1) is 10.1 Å². The Labute approximate surface area is 191 Å². The third-order valence-corrected chi connectivity index (χ3v) is 4.88. The van der Waals surface area contributed by atoms with Crippen LogP contribution in [-0.4, -0.2) is 37.9 Å². The Kier molecular flexibility index (Phi) is 7.18. The summed E-state index contributed by atoms with van der Waals surface area (Å²) >= 11 is 12.0. The van der Waals surface area contributed by atoms with Gasteiger partial charge in [-0.15, -0.1) is 0 Å². The van der Waals surface area contributed by atoms with Gasteiger partial charge >= 0.3 is 5.97 Å². The van der Waals surface area contributed by atoms with Crippen LogP contribution in [0.3, 0.4) is 0 Å². The minimum Gasteiger partial charge on any atom is -0.480 e. The first-order valence-corrected chi connectivity index (χ1v) is 9.79. The number of carboxylic acids is 1. The normalized spacial score (nSPS) is 11.4. The van der Waals surface area contributed by atoms with Crippen LogP contribution < -0.4 is 10.6 Å². The van der Waals surface area contributed by atoms with Crippen molar-refractivity contribution in [3.8, 4) is 0 Å². The fourth-order valence-electron chi connectivity index (χ4n) is 2.74. The SMILES string of the molecule is O=C(Nc1ccc(C[C@H](Nc2ccc([N+](=O)[O-])cn2)C(=O)O)cc1)c1c(Cl)cncc1Cl. The average Bonchev–Trinajstić information content (AvgIpc) is 2.74. The molecule has 0 bridgehead atoms. The first-order valence-electron chi connectivity index (χ1n) is 9.03. The van der Waals surface area contributed by atoms with Crippen LogP contribution in [0.5, 0.6) is 0 Å². The van der Waals surface area contributed by atoms with Crippen LogP contribution in [0.4, 0.5) is 17.2 Å². The van der Waals surface area contributed by atoms with E-state index in [9.17, 15) is 24.8 Å². The lowest BCUT2D eigenvalue weighted by molar-refractivity contribution is -0.385. The molecule has 1 aromatic carbocycles. The highest BCUT2D eigenvalue weighted by molar-refractivity contribution is 6.40. The number of anilines is 2. The quantitative estimate of drug-likeness (QED) is 0.326. The number of aromatic nitrogens is 2. The largest absolute Gasteiger partial charge is 0.480 e. The number of halogens is 2. The van der Waals surface area contributed by atoms with E-state index in [1.807, 2.05) is 0 Å². The van der Waals surface area contributed by atoms with Crippen molar-refractivity contribution in [1.82, 2.24) is 9.97 Å². The minimum absolute atomic E-state index is 0.0955. The molecule has 0 saturated heterocycles. The Bertz CT molecular complexity index is 1140. The summed E-state index contributed by atoms with van der Waals surface area (Å²) in [6.07, 6.45) is 3.76. The van der Waals surface area contributed by atoms with Crippen LogP contribution in [0.15, 0.2) is 55.0 Å². The van der Waals surface area contributed by atoms with Gasteiger partial charge in [0.2, 0.25) is 0 Å². The van der Waals surface area contributed by atoms with Crippen LogP contribution in [0.25, 0.3) is 0 Å². The Morgan fingerprint density at radius 1 is 1.06 bits per heavy atom. The Balaban J connectivity index is 1.67. The van der Waals surface area contributed by atoms with Gasteiger partial charge < -0.3 is 15.7 Å². The van der Waals surface area contributed by atoms with Crippen LogP contribution in [-0.2, 0) is 11.2 Å². The molecule has 32 heavy (non-hydrogen) atoms. The molecule has 3 N–H and O–H groups in total. The average molecular weight is 476 g/mol. The molecule has 0 radical (unpaired) electrons. The predicted octanol–water partition coefficient (Wildman–Crippen LogP) is 4.05. The molecule has 2 heterocycles. The summed E-state index contributed by atoms with van der Waals surface area (Å²) in [5.41, 5.74) is 1.02. The zero-order chi connectivity index (χ0) is 23.3. The number of nitrogens with one attached hydrogen (secondary N) is 2. The number of nitro groups is 1. The molecule has 2 aromatic heterocycles. The lowest BCUT2D eigenvalue weighted by atomic mass is 10.1. The van der Waals surface area contributed by atoms with Crippen molar-refractivity contribution in [3.63, 3.8) is 0 Å². The standard InChI is InChI=1S/C20H15Cl2N5O5/c21-14-9-23-10-15(22)18(14)19(28)25-12-3-1-11(2-4-12)7-16(20(29)30)26-17-6-5-13(8-24-17)27(31)32/h1-6,8-10,16H,7H2,(H,24,26)(H,25,28)(H,29,30)/t16-/m0/s1. The molecule has 12 heteroatoms. The predicted molar refractivity (Wildman–Crippen MR) is 118 cm³/mol. The molecule has 0 spiro atoms. The molecule has 1 atom stereocenters. The van der Waals surface area contributed by atoms with Crippen LogP contribution in [0.2, 0.25) is 10.0 Å². The smallest absolute Gasteiger partial charge is 0.326 e. The van der Waals surface area contributed by atoms with Gasteiger partial charge in [0.15, 0.2) is 0 Å². The highest BCUT2D eigenvalue weighted by Gasteiger charge is 2.19. The number of nitrogens with zero attached hydrogens (tertiary/aromatic N) is 3. The highest BCUT2D eigenvalue weighted by Crippen LogP contribution is 2.24. The zero-order valence-electron chi connectivity index (χ0n) is 16.2. The number of rotatable bonds is 8. The number of pyridine rings is 2. The monoisotopic (exact) mass is 475 g/mol. The van der Waals surface area contributed by atoms with E-state index in [1.165, 1.54) is 24.5 Å². The maximum Gasteiger partial charge on any atom is 0.326 e. The Hall–Kier alpha value is -3.76. The molecule has 0 unspecified atom stereocenters. The van der Waals surface area contributed by atoms with Crippen LogP contribution in [0.1, 0.15) is 15.9 Å². The number of amides is 1. The molecule has 0 fully saturated rings. The van der Waals surface area contributed by atoms with Crippen molar-refractivity contribution in [2.75, 3.05) is 10.6 Å². The van der Waals surface area contributed by atoms with Gasteiger partial charge in [-0.3, -0.25) is 19.9 Å². The third-order valence-electron chi connectivity index (χ3n) is 4.31. The van der Waals surface area contributed by atoms with E-state index >= 15 is 0 Å². The van der Waals surface area contributed by atoms with E-state index < -0.39 is 22.8 Å². The molecule has 3 rings (SSSR count). The van der Waals surface area contributed by atoms with E-state index in [1.54, 1.807) is 24.3 Å². The molecule has 0 saturated carbocycles. The first kappa shape index (κ1) is 22.9. The van der Waals surface area contributed by atoms with Gasteiger partial charge in [0.1, 0.15) is 18.1 Å². The van der Waals surface area contributed by atoms with Gasteiger partial charge in [-0.1, -0.05) is 35.3 Å². The van der Waals surface area contributed by atoms with Crippen molar-refractivity contribution < 1.29 is 19.6 Å². The van der Waals surface area contributed by atoms with Gasteiger partial charge in [0, 0.05) is 30.6 Å². The summed E-state index contributed by atoms with van der Waals surface area (Å²) in [7, 11) is 0. The lowest BCUT2D eigenvalue weighted by Crippen LogP contribution is -2.31. The number of hydrogen-bond acceptors (Lipinski definition) is 7. The van der Waals surface area contributed by atoms with Gasteiger partial charge in [0.25, 0.3) is 11.6 Å². The first-order chi connectivity index (χ1) is 15.2. The molecule has 0 aliphatic heterocycles. The van der Waals surface area contributed by atoms with Crippen LogP contribution >= 0.6 is 23.2 Å². The number of carboxylic acid groups (broad SMARTS) is 1. The van der Waals surface area contributed by atoms with E-state index in [4.69, 9.17) is 23.2 Å². The van der Waals surface area contributed by atoms with Crippen molar-refractivity contribution in [3.05, 3.63) is 86.3 Å². The van der Waals surface area contributed by atoms with Gasteiger partial charge in [0.05, 0.1) is 20.5 Å². The topological polar surface area (TPSA) is 147 Å². The van der Waals surface area contributed by atoms with Crippen molar-refractivity contribution >= 4 is 52.3 Å². The van der Waals surface area contributed by atoms with E-state index in [2.05, 4.69) is 20.6 Å². The Morgan fingerprint density at radius 2 is 1.72 bits per heavy atom. The summed E-state index contributed by atoms with van der Waals surface area (Å²) in [5, 5.41) is 25.8. The summed E-state index contributed by atoms with van der Waals surface area (Å²) in [6, 6.07) is 8.07. The number of aliphatic carboxylic acids is 1. The molecule has 10 nitrogen and oxygen atoms in total. The van der Waals surface area contributed by atoms with Gasteiger partial charge in [-0.05, 0) is 23.8 Å². The van der Waals surface area contributed by atoms with Crippen molar-refractivity contribution in [2.24, 2.45) is 0 Å². The molecule has 0 aliphatic rings. The van der Waals surface area contributed by atoms with Crippen molar-refractivity contribution in [1.29, 1.82) is 0 Å². The van der Waals surface area contributed by atoms with E-state index in [0.717, 1.165) is 6.20 Å². The molecule has 164 valence electrons. The lowest BCUT2D eigenvalue weighted by Gasteiger charge is -2.15. The second-order valence-corrected chi connectivity index (χ2v) is 7.34. The van der Waals surface area contributed by atoms with Crippen molar-refractivity contribution in [2.45, 2.75) is 12.5 Å².